The number of esters is 1. The van der Waals surface area contributed by atoms with Crippen molar-refractivity contribution in [1.29, 1.82) is 0 Å². The SMILES string of the molecule is CC(=O)CC(C)(C)OC(=O)CC(O)(CC(=O)O)C(=O)O. The molecule has 0 aromatic carbocycles. The first-order valence-electron chi connectivity index (χ1n) is 5.77. The molecule has 0 heterocycles. The zero-order chi connectivity index (χ0) is 16.1. The molecular formula is C12H18O8. The molecule has 0 fully saturated rings. The lowest BCUT2D eigenvalue weighted by molar-refractivity contribution is -0.176. The fourth-order valence-corrected chi connectivity index (χ4v) is 1.68. The fourth-order valence-electron chi connectivity index (χ4n) is 1.68. The molecule has 8 heteroatoms. The molecule has 3 N–H and O–H groups in total. The van der Waals surface area contributed by atoms with Crippen LogP contribution in [0.5, 0.6) is 0 Å². The molecule has 1 unspecified atom stereocenters. The van der Waals surface area contributed by atoms with E-state index in [1.807, 2.05) is 0 Å². The van der Waals surface area contributed by atoms with E-state index in [0.717, 1.165) is 0 Å². The zero-order valence-corrected chi connectivity index (χ0v) is 11.5. The summed E-state index contributed by atoms with van der Waals surface area (Å²) in [7, 11) is 0. The number of aliphatic carboxylic acids is 2. The lowest BCUT2D eigenvalue weighted by Crippen LogP contribution is -2.44. The summed E-state index contributed by atoms with van der Waals surface area (Å²) in [6.45, 7) is 4.19. The van der Waals surface area contributed by atoms with E-state index in [2.05, 4.69) is 0 Å². The minimum atomic E-state index is -2.74. The Morgan fingerprint density at radius 2 is 1.50 bits per heavy atom. The molecule has 20 heavy (non-hydrogen) atoms. The van der Waals surface area contributed by atoms with Gasteiger partial charge in [0.15, 0.2) is 5.60 Å². The number of ether oxygens (including phenoxy) is 1. The Hall–Kier alpha value is -1.96. The first kappa shape index (κ1) is 18.0. The first-order chi connectivity index (χ1) is 8.88. The minimum absolute atomic E-state index is 0.0802. The summed E-state index contributed by atoms with van der Waals surface area (Å²) >= 11 is 0. The molecule has 0 amide bonds. The van der Waals surface area contributed by atoms with Crippen LogP contribution in [0.4, 0.5) is 0 Å². The van der Waals surface area contributed by atoms with Crippen LogP contribution in [0, 0.1) is 0 Å². The van der Waals surface area contributed by atoms with Gasteiger partial charge in [0.1, 0.15) is 11.4 Å². The number of carboxylic acids is 2. The quantitative estimate of drug-likeness (QED) is 0.529. The average molecular weight is 290 g/mol. The second-order valence-electron chi connectivity index (χ2n) is 5.20. The molecule has 8 nitrogen and oxygen atoms in total. The Kier molecular flexibility index (Phi) is 5.83. The summed E-state index contributed by atoms with van der Waals surface area (Å²) in [4.78, 5) is 43.9. The maximum atomic E-state index is 11.6. The number of Topliss-reactive ketones (excluding diaryl/α,β-unsaturated/α-hetero) is 1. The molecule has 0 saturated carbocycles. The van der Waals surface area contributed by atoms with Gasteiger partial charge >= 0.3 is 17.9 Å². The van der Waals surface area contributed by atoms with Gasteiger partial charge in [-0.05, 0) is 20.8 Å². The molecule has 0 saturated heterocycles. The lowest BCUT2D eigenvalue weighted by Gasteiger charge is -2.26. The molecule has 114 valence electrons. The summed E-state index contributed by atoms with van der Waals surface area (Å²) in [5, 5.41) is 27.0. The number of rotatable bonds is 8. The van der Waals surface area contributed by atoms with Gasteiger partial charge in [-0.15, -0.1) is 0 Å². The maximum absolute atomic E-state index is 11.6. The molecule has 0 aliphatic rings. The second kappa shape index (κ2) is 6.47. The smallest absolute Gasteiger partial charge is 0.336 e. The van der Waals surface area contributed by atoms with E-state index in [4.69, 9.17) is 14.9 Å². The van der Waals surface area contributed by atoms with Crippen LogP contribution in [-0.4, -0.2) is 50.2 Å². The van der Waals surface area contributed by atoms with E-state index in [1.165, 1.54) is 20.8 Å². The van der Waals surface area contributed by atoms with Crippen molar-refractivity contribution in [2.45, 2.75) is 51.2 Å². The molecule has 0 aliphatic carbocycles. The van der Waals surface area contributed by atoms with Gasteiger partial charge in [0.2, 0.25) is 0 Å². The monoisotopic (exact) mass is 290 g/mol. The third-order valence-corrected chi connectivity index (χ3v) is 2.34. The predicted octanol–water partition coefficient (Wildman–Crippen LogP) is -0.0322. The van der Waals surface area contributed by atoms with Crippen molar-refractivity contribution in [2.75, 3.05) is 0 Å². The lowest BCUT2D eigenvalue weighted by atomic mass is 9.95. The minimum Gasteiger partial charge on any atom is -0.481 e. The molecule has 1 atom stereocenters. The number of hydrogen-bond acceptors (Lipinski definition) is 6. The summed E-state index contributed by atoms with van der Waals surface area (Å²) < 4.78 is 4.90. The van der Waals surface area contributed by atoms with Gasteiger partial charge in [-0.1, -0.05) is 0 Å². The van der Waals surface area contributed by atoms with E-state index >= 15 is 0 Å². The first-order valence-corrected chi connectivity index (χ1v) is 5.77. The predicted molar refractivity (Wildman–Crippen MR) is 64.9 cm³/mol. The van der Waals surface area contributed by atoms with Gasteiger partial charge in [0.25, 0.3) is 0 Å². The molecular weight excluding hydrogens is 272 g/mol. The maximum Gasteiger partial charge on any atom is 0.336 e. The number of aliphatic hydroxyl groups is 1. The van der Waals surface area contributed by atoms with E-state index in [9.17, 15) is 24.3 Å². The van der Waals surface area contributed by atoms with Gasteiger partial charge in [0, 0.05) is 6.42 Å². The Balaban J connectivity index is 4.83. The molecule has 0 aromatic rings. The van der Waals surface area contributed by atoms with Crippen molar-refractivity contribution in [2.24, 2.45) is 0 Å². The molecule has 0 spiro atoms. The standard InChI is InChI=1S/C12H18O8/c1-7(13)4-11(2,3)20-9(16)6-12(19,10(17)18)5-8(14)15/h19H,4-6H2,1-3H3,(H,14,15)(H,17,18). The normalized spacial score (nSPS) is 14.2. The highest BCUT2D eigenvalue weighted by molar-refractivity contribution is 5.88. The van der Waals surface area contributed by atoms with Gasteiger partial charge in [-0.25, -0.2) is 4.79 Å². The van der Waals surface area contributed by atoms with Crippen LogP contribution in [0.3, 0.4) is 0 Å². The summed E-state index contributed by atoms with van der Waals surface area (Å²) in [5.74, 6) is -4.73. The molecule has 0 aromatic heterocycles. The Labute approximate surface area is 115 Å². The van der Waals surface area contributed by atoms with Crippen LogP contribution in [0.2, 0.25) is 0 Å². The summed E-state index contributed by atoms with van der Waals surface area (Å²) in [5.41, 5.74) is -3.90. The van der Waals surface area contributed by atoms with Crippen molar-refractivity contribution < 1.29 is 39.2 Å². The van der Waals surface area contributed by atoms with E-state index in [1.54, 1.807) is 0 Å². The van der Waals surface area contributed by atoms with Crippen LogP contribution >= 0.6 is 0 Å². The summed E-state index contributed by atoms with van der Waals surface area (Å²) in [6.07, 6.45) is -2.23. The van der Waals surface area contributed by atoms with Crippen molar-refractivity contribution in [3.05, 3.63) is 0 Å². The molecule has 0 aliphatic heterocycles. The van der Waals surface area contributed by atoms with Gasteiger partial charge < -0.3 is 20.1 Å². The molecule has 0 rings (SSSR count). The third-order valence-electron chi connectivity index (χ3n) is 2.34. The molecule has 0 radical (unpaired) electrons. The van der Waals surface area contributed by atoms with E-state index < -0.39 is 42.0 Å². The highest BCUT2D eigenvalue weighted by Crippen LogP contribution is 2.21. The van der Waals surface area contributed by atoms with Gasteiger partial charge in [-0.3, -0.25) is 14.4 Å². The van der Waals surface area contributed by atoms with Crippen LogP contribution < -0.4 is 0 Å². The largest absolute Gasteiger partial charge is 0.481 e. The Morgan fingerprint density at radius 3 is 1.85 bits per heavy atom. The van der Waals surface area contributed by atoms with Crippen LogP contribution in [-0.2, 0) is 23.9 Å². The zero-order valence-electron chi connectivity index (χ0n) is 11.5. The van der Waals surface area contributed by atoms with Crippen molar-refractivity contribution in [1.82, 2.24) is 0 Å². The Bertz CT molecular complexity index is 425. The fraction of sp³-hybridized carbons (Fsp3) is 0.667. The number of carbonyl (C=O) groups is 4. The second-order valence-corrected chi connectivity index (χ2v) is 5.20. The number of hydrogen-bond donors (Lipinski definition) is 3. The van der Waals surface area contributed by atoms with Crippen molar-refractivity contribution in [3.63, 3.8) is 0 Å². The Morgan fingerprint density at radius 1 is 1.00 bits per heavy atom. The van der Waals surface area contributed by atoms with Crippen LogP contribution in [0.25, 0.3) is 0 Å². The highest BCUT2D eigenvalue weighted by atomic mass is 16.6. The van der Waals surface area contributed by atoms with E-state index in [-0.39, 0.29) is 12.2 Å². The van der Waals surface area contributed by atoms with Crippen molar-refractivity contribution in [3.8, 4) is 0 Å². The number of ketones is 1. The highest BCUT2D eigenvalue weighted by Gasteiger charge is 2.42. The van der Waals surface area contributed by atoms with Crippen molar-refractivity contribution >= 4 is 23.7 Å². The van der Waals surface area contributed by atoms with E-state index in [0.29, 0.717) is 0 Å². The summed E-state index contributed by atoms with van der Waals surface area (Å²) in [6, 6.07) is 0. The van der Waals surface area contributed by atoms with Crippen LogP contribution in [0.1, 0.15) is 40.0 Å². The van der Waals surface area contributed by atoms with Gasteiger partial charge in [0.05, 0.1) is 12.8 Å². The number of carboxylic acid groups (broad SMARTS) is 2. The molecule has 0 bridgehead atoms. The average Bonchev–Trinajstić information content (AvgIpc) is 2.10. The third kappa shape index (κ3) is 6.28. The van der Waals surface area contributed by atoms with Gasteiger partial charge in [-0.2, -0.15) is 0 Å². The van der Waals surface area contributed by atoms with Crippen LogP contribution in [0.15, 0.2) is 0 Å². The number of carbonyl (C=O) groups excluding carboxylic acids is 2. The topological polar surface area (TPSA) is 138 Å².